The lowest BCUT2D eigenvalue weighted by Crippen LogP contribution is -2.00. The minimum Gasteiger partial charge on any atom is -0.496 e. The highest BCUT2D eigenvalue weighted by Crippen LogP contribution is 2.37. The van der Waals surface area contributed by atoms with Crippen LogP contribution in [0.4, 0.5) is 0 Å². The fourth-order valence-corrected chi connectivity index (χ4v) is 2.62. The van der Waals surface area contributed by atoms with Gasteiger partial charge in [0.2, 0.25) is 0 Å². The molecule has 0 aliphatic rings. The molecule has 0 saturated heterocycles. The number of carboxylic acid groups (broad SMARTS) is 1. The van der Waals surface area contributed by atoms with Crippen molar-refractivity contribution in [2.45, 2.75) is 24.2 Å². The molecule has 0 bridgehead atoms. The topological polar surface area (TPSA) is 55.8 Å². The van der Waals surface area contributed by atoms with Crippen molar-refractivity contribution in [3.05, 3.63) is 17.7 Å². The molecule has 1 aromatic rings. The van der Waals surface area contributed by atoms with Gasteiger partial charge in [0, 0.05) is 12.0 Å². The second-order valence-electron chi connectivity index (χ2n) is 3.73. The van der Waals surface area contributed by atoms with Gasteiger partial charge in [-0.05, 0) is 31.2 Å². The lowest BCUT2D eigenvalue weighted by molar-refractivity contribution is -0.137. The van der Waals surface area contributed by atoms with Crippen molar-refractivity contribution in [3.8, 4) is 11.5 Å². The summed E-state index contributed by atoms with van der Waals surface area (Å²) in [6.45, 7) is 0. The van der Waals surface area contributed by atoms with Crippen LogP contribution in [-0.4, -0.2) is 31.6 Å². The van der Waals surface area contributed by atoms with Crippen LogP contribution in [0.25, 0.3) is 0 Å². The molecular formula is C13H18O4S. The van der Waals surface area contributed by atoms with E-state index in [-0.39, 0.29) is 6.42 Å². The van der Waals surface area contributed by atoms with E-state index in [2.05, 4.69) is 0 Å². The van der Waals surface area contributed by atoms with E-state index in [9.17, 15) is 4.79 Å². The summed E-state index contributed by atoms with van der Waals surface area (Å²) in [5, 5.41) is 8.68. The van der Waals surface area contributed by atoms with Gasteiger partial charge >= 0.3 is 5.97 Å². The highest BCUT2D eigenvalue weighted by atomic mass is 32.2. The van der Waals surface area contributed by atoms with E-state index in [4.69, 9.17) is 14.6 Å². The highest BCUT2D eigenvalue weighted by molar-refractivity contribution is 7.98. The predicted octanol–water partition coefficient (Wildman–Crippen LogP) is 2.83. The van der Waals surface area contributed by atoms with Crippen molar-refractivity contribution in [3.63, 3.8) is 0 Å². The Balaban J connectivity index is 3.00. The van der Waals surface area contributed by atoms with E-state index in [0.29, 0.717) is 12.8 Å². The molecule has 4 nitrogen and oxygen atoms in total. The highest BCUT2D eigenvalue weighted by Gasteiger charge is 2.14. The number of carboxylic acids is 1. The maximum Gasteiger partial charge on any atom is 0.303 e. The van der Waals surface area contributed by atoms with Gasteiger partial charge in [-0.3, -0.25) is 4.79 Å². The number of hydrogen-bond donors (Lipinski definition) is 1. The molecule has 1 rings (SSSR count). The molecule has 0 amide bonds. The third kappa shape index (κ3) is 3.57. The van der Waals surface area contributed by atoms with Crippen molar-refractivity contribution in [2.75, 3.05) is 20.5 Å². The van der Waals surface area contributed by atoms with Gasteiger partial charge in [0.25, 0.3) is 0 Å². The average molecular weight is 270 g/mol. The molecule has 0 fully saturated rings. The van der Waals surface area contributed by atoms with Gasteiger partial charge in [-0.1, -0.05) is 0 Å². The van der Waals surface area contributed by atoms with Gasteiger partial charge < -0.3 is 14.6 Å². The molecule has 0 saturated carbocycles. The summed E-state index contributed by atoms with van der Waals surface area (Å²) in [5.74, 6) is 0.807. The van der Waals surface area contributed by atoms with Crippen molar-refractivity contribution in [2.24, 2.45) is 0 Å². The standard InChI is InChI=1S/C13H18O4S/c1-16-10-7-8-11(17-2)13(18-3)9(10)5-4-6-12(14)15/h7-8H,4-6H2,1-3H3,(H,14,15). The van der Waals surface area contributed by atoms with E-state index in [0.717, 1.165) is 22.0 Å². The predicted molar refractivity (Wildman–Crippen MR) is 71.9 cm³/mol. The van der Waals surface area contributed by atoms with Crippen LogP contribution in [0.2, 0.25) is 0 Å². The molecule has 0 unspecified atom stereocenters. The van der Waals surface area contributed by atoms with Crippen LogP contribution < -0.4 is 9.47 Å². The number of hydrogen-bond acceptors (Lipinski definition) is 4. The Hall–Kier alpha value is -1.36. The molecule has 18 heavy (non-hydrogen) atoms. The second-order valence-corrected chi connectivity index (χ2v) is 4.55. The van der Waals surface area contributed by atoms with Crippen LogP contribution in [-0.2, 0) is 11.2 Å². The molecule has 0 radical (unpaired) electrons. The van der Waals surface area contributed by atoms with Crippen LogP contribution in [0.3, 0.4) is 0 Å². The Morgan fingerprint density at radius 2 is 1.89 bits per heavy atom. The number of aliphatic carboxylic acids is 1. The molecule has 1 N–H and O–H groups in total. The number of thioether (sulfide) groups is 1. The monoisotopic (exact) mass is 270 g/mol. The largest absolute Gasteiger partial charge is 0.496 e. The summed E-state index contributed by atoms with van der Waals surface area (Å²) in [7, 11) is 3.25. The summed E-state index contributed by atoms with van der Waals surface area (Å²) < 4.78 is 10.6. The van der Waals surface area contributed by atoms with E-state index in [1.165, 1.54) is 0 Å². The van der Waals surface area contributed by atoms with Crippen molar-refractivity contribution < 1.29 is 19.4 Å². The molecule has 0 atom stereocenters. The van der Waals surface area contributed by atoms with Gasteiger partial charge in [-0.15, -0.1) is 11.8 Å². The molecule has 0 aliphatic heterocycles. The molecule has 0 heterocycles. The number of methoxy groups -OCH3 is 2. The third-order valence-electron chi connectivity index (χ3n) is 2.64. The number of rotatable bonds is 7. The van der Waals surface area contributed by atoms with Gasteiger partial charge in [0.15, 0.2) is 0 Å². The lowest BCUT2D eigenvalue weighted by atomic mass is 10.1. The Kier molecular flexibility index (Phi) is 5.85. The third-order valence-corrected chi connectivity index (χ3v) is 3.50. The fourth-order valence-electron chi connectivity index (χ4n) is 1.82. The van der Waals surface area contributed by atoms with Crippen LogP contribution in [0.1, 0.15) is 18.4 Å². The summed E-state index contributed by atoms with van der Waals surface area (Å²) >= 11 is 1.58. The molecule has 0 aliphatic carbocycles. The Bertz CT molecular complexity index is 418. The van der Waals surface area contributed by atoms with E-state index < -0.39 is 5.97 Å². The van der Waals surface area contributed by atoms with Gasteiger partial charge in [0.1, 0.15) is 11.5 Å². The molecule has 0 aromatic heterocycles. The van der Waals surface area contributed by atoms with Crippen LogP contribution >= 0.6 is 11.8 Å². The van der Waals surface area contributed by atoms with Crippen molar-refractivity contribution >= 4 is 17.7 Å². The fraction of sp³-hybridized carbons (Fsp3) is 0.462. The van der Waals surface area contributed by atoms with Crippen molar-refractivity contribution in [1.29, 1.82) is 0 Å². The smallest absolute Gasteiger partial charge is 0.303 e. The lowest BCUT2D eigenvalue weighted by Gasteiger charge is -2.15. The van der Waals surface area contributed by atoms with E-state index in [1.807, 2.05) is 18.4 Å². The Morgan fingerprint density at radius 3 is 2.39 bits per heavy atom. The molecular weight excluding hydrogens is 252 g/mol. The summed E-state index contributed by atoms with van der Waals surface area (Å²) in [6.07, 6.45) is 3.39. The first-order valence-electron chi connectivity index (χ1n) is 5.63. The zero-order valence-corrected chi connectivity index (χ0v) is 11.7. The molecule has 100 valence electrons. The van der Waals surface area contributed by atoms with E-state index in [1.54, 1.807) is 26.0 Å². The maximum absolute atomic E-state index is 10.6. The summed E-state index contributed by atoms with van der Waals surface area (Å²) in [6, 6.07) is 3.72. The number of carbonyl (C=O) groups is 1. The normalized spacial score (nSPS) is 10.2. The minimum atomic E-state index is -0.775. The summed E-state index contributed by atoms with van der Waals surface area (Å²) in [5.41, 5.74) is 1.02. The Morgan fingerprint density at radius 1 is 1.28 bits per heavy atom. The minimum absolute atomic E-state index is 0.161. The van der Waals surface area contributed by atoms with Crippen LogP contribution in [0.5, 0.6) is 11.5 Å². The van der Waals surface area contributed by atoms with Gasteiger partial charge in [0.05, 0.1) is 19.1 Å². The number of benzene rings is 1. The molecule has 0 spiro atoms. The maximum atomic E-state index is 10.6. The Labute approximate surface area is 111 Å². The quantitative estimate of drug-likeness (QED) is 0.772. The van der Waals surface area contributed by atoms with Crippen molar-refractivity contribution in [1.82, 2.24) is 0 Å². The van der Waals surface area contributed by atoms with E-state index >= 15 is 0 Å². The zero-order valence-electron chi connectivity index (χ0n) is 10.9. The first-order chi connectivity index (χ1) is 8.63. The molecule has 1 aromatic carbocycles. The first-order valence-corrected chi connectivity index (χ1v) is 6.86. The first kappa shape index (κ1) is 14.7. The van der Waals surface area contributed by atoms with Gasteiger partial charge in [-0.25, -0.2) is 0 Å². The zero-order chi connectivity index (χ0) is 13.5. The van der Waals surface area contributed by atoms with Crippen LogP contribution in [0, 0.1) is 0 Å². The van der Waals surface area contributed by atoms with Gasteiger partial charge in [-0.2, -0.15) is 0 Å². The average Bonchev–Trinajstić information content (AvgIpc) is 2.37. The second kappa shape index (κ2) is 7.16. The summed E-state index contributed by atoms with van der Waals surface area (Å²) in [4.78, 5) is 11.6. The SMILES string of the molecule is COc1ccc(OC)c(SC)c1CCCC(=O)O. The molecule has 5 heteroatoms. The number of ether oxygens (including phenoxy) is 2. The van der Waals surface area contributed by atoms with Crippen LogP contribution in [0.15, 0.2) is 17.0 Å².